The molecule has 0 bridgehead atoms. The minimum atomic E-state index is -1.06. The van der Waals surface area contributed by atoms with Gasteiger partial charge in [-0.3, -0.25) is 10.1 Å². The molecule has 0 unspecified atom stereocenters. The maximum Gasteiger partial charge on any atom is 0.308 e. The van der Waals surface area contributed by atoms with E-state index in [1.807, 2.05) is 18.2 Å². The van der Waals surface area contributed by atoms with Crippen LogP contribution in [0.5, 0.6) is 5.75 Å². The van der Waals surface area contributed by atoms with E-state index in [0.29, 0.717) is 0 Å². The van der Waals surface area contributed by atoms with Crippen molar-refractivity contribution >= 4 is 17.3 Å². The summed E-state index contributed by atoms with van der Waals surface area (Å²) in [5, 5.41) is 10.6. The second kappa shape index (κ2) is 5.67. The highest BCUT2D eigenvalue weighted by Crippen LogP contribution is 2.34. The van der Waals surface area contributed by atoms with Gasteiger partial charge in [0.15, 0.2) is 5.75 Å². The highest BCUT2D eigenvalue weighted by molar-refractivity contribution is 6.32. The first-order chi connectivity index (χ1) is 9.09. The van der Waals surface area contributed by atoms with E-state index in [1.165, 1.54) is 6.07 Å². The fourth-order valence-electron chi connectivity index (χ4n) is 1.53. The summed E-state index contributed by atoms with van der Waals surface area (Å²) in [6.07, 6.45) is 0. The molecule has 0 saturated carbocycles. The molecule has 0 spiro atoms. The SMILES string of the molecule is O=[N+]([O-])c1ccc(Cl)c(OCc2ccccc2)c1F. The molecular formula is C13H9ClFNO3. The number of nitro groups is 1. The van der Waals surface area contributed by atoms with Gasteiger partial charge in [-0.15, -0.1) is 0 Å². The number of nitro benzene ring substituents is 1. The second-order valence-electron chi connectivity index (χ2n) is 3.74. The Bertz CT molecular complexity index is 604. The van der Waals surface area contributed by atoms with Crippen molar-refractivity contribution in [2.75, 3.05) is 0 Å². The molecule has 0 aliphatic heterocycles. The van der Waals surface area contributed by atoms with Gasteiger partial charge in [-0.1, -0.05) is 41.9 Å². The summed E-state index contributed by atoms with van der Waals surface area (Å²) in [5.41, 5.74) is 0.150. The van der Waals surface area contributed by atoms with Crippen molar-refractivity contribution < 1.29 is 14.1 Å². The molecule has 0 saturated heterocycles. The predicted octanol–water partition coefficient (Wildman–Crippen LogP) is 3.97. The van der Waals surface area contributed by atoms with Gasteiger partial charge in [-0.25, -0.2) is 0 Å². The lowest BCUT2D eigenvalue weighted by atomic mass is 10.2. The molecule has 2 rings (SSSR count). The summed E-state index contributed by atoms with van der Waals surface area (Å²) in [6.45, 7) is 0.0820. The van der Waals surface area contributed by atoms with Crippen LogP contribution in [0.4, 0.5) is 10.1 Å². The van der Waals surface area contributed by atoms with Gasteiger partial charge in [0, 0.05) is 6.07 Å². The Labute approximate surface area is 113 Å². The van der Waals surface area contributed by atoms with E-state index in [0.717, 1.165) is 11.6 Å². The molecule has 0 fully saturated rings. The zero-order chi connectivity index (χ0) is 13.8. The topological polar surface area (TPSA) is 52.4 Å². The molecule has 0 aromatic heterocycles. The van der Waals surface area contributed by atoms with Gasteiger partial charge in [-0.05, 0) is 11.6 Å². The van der Waals surface area contributed by atoms with Gasteiger partial charge < -0.3 is 4.74 Å². The first-order valence-corrected chi connectivity index (χ1v) is 5.76. The van der Waals surface area contributed by atoms with E-state index >= 15 is 0 Å². The zero-order valence-corrected chi connectivity index (χ0v) is 10.4. The van der Waals surface area contributed by atoms with Gasteiger partial charge in [0.25, 0.3) is 0 Å². The molecule has 0 aliphatic carbocycles. The van der Waals surface area contributed by atoms with Crippen molar-refractivity contribution in [1.29, 1.82) is 0 Å². The average Bonchev–Trinajstić information content (AvgIpc) is 2.39. The Morgan fingerprint density at radius 3 is 2.53 bits per heavy atom. The fourth-order valence-corrected chi connectivity index (χ4v) is 1.73. The van der Waals surface area contributed by atoms with Gasteiger partial charge in [0.05, 0.1) is 9.95 Å². The summed E-state index contributed by atoms with van der Waals surface area (Å²) >= 11 is 5.78. The molecule has 98 valence electrons. The Morgan fingerprint density at radius 1 is 1.21 bits per heavy atom. The molecule has 0 atom stereocenters. The van der Waals surface area contributed by atoms with Crippen LogP contribution in [0.25, 0.3) is 0 Å². The third kappa shape index (κ3) is 3.00. The van der Waals surface area contributed by atoms with Crippen molar-refractivity contribution in [2.24, 2.45) is 0 Å². The quantitative estimate of drug-likeness (QED) is 0.629. The lowest BCUT2D eigenvalue weighted by molar-refractivity contribution is -0.387. The van der Waals surface area contributed by atoms with Gasteiger partial charge in [-0.2, -0.15) is 4.39 Å². The van der Waals surface area contributed by atoms with Gasteiger partial charge >= 0.3 is 5.69 Å². The summed E-state index contributed by atoms with van der Waals surface area (Å²) in [5.74, 6) is -1.37. The Kier molecular flexibility index (Phi) is 3.97. The Hall–Kier alpha value is -2.14. The van der Waals surface area contributed by atoms with Crippen molar-refractivity contribution in [3.8, 4) is 5.75 Å². The molecule has 0 heterocycles. The molecule has 2 aromatic rings. The number of rotatable bonds is 4. The number of halogens is 2. The molecule has 6 heteroatoms. The van der Waals surface area contributed by atoms with E-state index in [-0.39, 0.29) is 17.4 Å². The minimum Gasteiger partial charge on any atom is -0.484 e. The molecule has 0 aliphatic rings. The van der Waals surface area contributed by atoms with Crippen LogP contribution in [0.2, 0.25) is 5.02 Å². The summed E-state index contributed by atoms with van der Waals surface area (Å²) < 4.78 is 19.1. The van der Waals surface area contributed by atoms with Crippen LogP contribution >= 0.6 is 11.6 Å². The molecule has 0 radical (unpaired) electrons. The summed E-state index contributed by atoms with van der Waals surface area (Å²) in [7, 11) is 0. The third-order valence-electron chi connectivity index (χ3n) is 2.45. The van der Waals surface area contributed by atoms with Crippen LogP contribution in [0.15, 0.2) is 42.5 Å². The monoisotopic (exact) mass is 281 g/mol. The lowest BCUT2D eigenvalue weighted by Crippen LogP contribution is -2.01. The van der Waals surface area contributed by atoms with E-state index in [1.54, 1.807) is 12.1 Å². The highest BCUT2D eigenvalue weighted by Gasteiger charge is 2.21. The molecule has 0 amide bonds. The summed E-state index contributed by atoms with van der Waals surface area (Å²) in [6, 6.07) is 11.3. The third-order valence-corrected chi connectivity index (χ3v) is 2.75. The largest absolute Gasteiger partial charge is 0.484 e. The highest BCUT2D eigenvalue weighted by atomic mass is 35.5. The van der Waals surface area contributed by atoms with Crippen LogP contribution < -0.4 is 4.74 Å². The lowest BCUT2D eigenvalue weighted by Gasteiger charge is -2.09. The maximum absolute atomic E-state index is 13.8. The number of benzene rings is 2. The normalized spacial score (nSPS) is 10.2. The standard InChI is InChI=1S/C13H9ClFNO3/c14-10-6-7-11(16(17)18)12(15)13(10)19-8-9-4-2-1-3-5-9/h1-7H,8H2. The Morgan fingerprint density at radius 2 is 1.89 bits per heavy atom. The van der Waals surface area contributed by atoms with Crippen molar-refractivity contribution in [3.63, 3.8) is 0 Å². The second-order valence-corrected chi connectivity index (χ2v) is 4.15. The molecule has 0 N–H and O–H groups in total. The fraction of sp³-hybridized carbons (Fsp3) is 0.0769. The first kappa shape index (κ1) is 13.3. The number of ether oxygens (including phenoxy) is 1. The zero-order valence-electron chi connectivity index (χ0n) is 9.68. The van der Waals surface area contributed by atoms with Crippen LogP contribution in [-0.2, 0) is 6.61 Å². The average molecular weight is 282 g/mol. The van der Waals surface area contributed by atoms with Gasteiger partial charge in [0.2, 0.25) is 5.82 Å². The molecule has 2 aromatic carbocycles. The van der Waals surface area contributed by atoms with E-state index < -0.39 is 16.4 Å². The van der Waals surface area contributed by atoms with Crippen LogP contribution in [0.1, 0.15) is 5.56 Å². The van der Waals surface area contributed by atoms with Crippen molar-refractivity contribution in [3.05, 3.63) is 69.0 Å². The van der Waals surface area contributed by atoms with Crippen molar-refractivity contribution in [1.82, 2.24) is 0 Å². The Balaban J connectivity index is 2.25. The van der Waals surface area contributed by atoms with Gasteiger partial charge in [0.1, 0.15) is 6.61 Å². The smallest absolute Gasteiger partial charge is 0.308 e. The number of nitrogens with zero attached hydrogens (tertiary/aromatic N) is 1. The molecule has 19 heavy (non-hydrogen) atoms. The predicted molar refractivity (Wildman–Crippen MR) is 68.8 cm³/mol. The van der Waals surface area contributed by atoms with Crippen molar-refractivity contribution in [2.45, 2.75) is 6.61 Å². The van der Waals surface area contributed by atoms with E-state index in [4.69, 9.17) is 16.3 Å². The molecule has 4 nitrogen and oxygen atoms in total. The minimum absolute atomic E-state index is 0.000897. The number of hydrogen-bond donors (Lipinski definition) is 0. The molecular weight excluding hydrogens is 273 g/mol. The maximum atomic E-state index is 13.8. The van der Waals surface area contributed by atoms with Crippen LogP contribution in [0.3, 0.4) is 0 Å². The van der Waals surface area contributed by atoms with Crippen LogP contribution in [-0.4, -0.2) is 4.92 Å². The summed E-state index contributed by atoms with van der Waals surface area (Å²) in [4.78, 5) is 9.81. The first-order valence-electron chi connectivity index (χ1n) is 5.38. The van der Waals surface area contributed by atoms with E-state index in [9.17, 15) is 14.5 Å². The van der Waals surface area contributed by atoms with Crippen LogP contribution in [0, 0.1) is 15.9 Å². The number of hydrogen-bond acceptors (Lipinski definition) is 3. The van der Waals surface area contributed by atoms with E-state index in [2.05, 4.69) is 0 Å².